The summed E-state index contributed by atoms with van der Waals surface area (Å²) in [5.74, 6) is 0.659. The summed E-state index contributed by atoms with van der Waals surface area (Å²) in [7, 11) is 0. The summed E-state index contributed by atoms with van der Waals surface area (Å²) in [6.07, 6.45) is 10.9. The van der Waals surface area contributed by atoms with Crippen molar-refractivity contribution in [1.82, 2.24) is 36.0 Å². The molecule has 0 spiro atoms. The van der Waals surface area contributed by atoms with Gasteiger partial charge in [-0.05, 0) is 55.9 Å². The minimum Gasteiger partial charge on any atom is -0.434 e. The molecule has 0 radical (unpaired) electrons. The van der Waals surface area contributed by atoms with Crippen LogP contribution in [0.2, 0.25) is 0 Å². The van der Waals surface area contributed by atoms with Gasteiger partial charge < -0.3 is 24.7 Å². The lowest BCUT2D eigenvalue weighted by Gasteiger charge is -2.37. The molecular weight excluding hydrogens is 654 g/mol. The van der Waals surface area contributed by atoms with Crippen LogP contribution in [0, 0.1) is 5.92 Å². The van der Waals surface area contributed by atoms with E-state index in [0.29, 0.717) is 46.9 Å². The van der Waals surface area contributed by atoms with E-state index in [1.54, 1.807) is 58.6 Å². The van der Waals surface area contributed by atoms with E-state index >= 15 is 0 Å². The van der Waals surface area contributed by atoms with Crippen LogP contribution in [0.1, 0.15) is 51.1 Å². The predicted molar refractivity (Wildman–Crippen MR) is 183 cm³/mol. The predicted octanol–water partition coefficient (Wildman–Crippen LogP) is 3.59. The lowest BCUT2D eigenvalue weighted by molar-refractivity contribution is -0.134. The summed E-state index contributed by atoms with van der Waals surface area (Å²) in [4.78, 5) is 36.8. The highest BCUT2D eigenvalue weighted by atomic mass is 32.2. The van der Waals surface area contributed by atoms with Crippen LogP contribution in [-0.4, -0.2) is 109 Å². The van der Waals surface area contributed by atoms with Gasteiger partial charge >= 0.3 is 6.61 Å². The van der Waals surface area contributed by atoms with Gasteiger partial charge in [0, 0.05) is 86.8 Å². The van der Waals surface area contributed by atoms with Crippen molar-refractivity contribution in [3.05, 3.63) is 59.3 Å². The van der Waals surface area contributed by atoms with E-state index in [0.717, 1.165) is 63.4 Å². The average Bonchev–Trinajstić information content (AvgIpc) is 3.72. The van der Waals surface area contributed by atoms with Crippen LogP contribution in [0.3, 0.4) is 0 Å². The summed E-state index contributed by atoms with van der Waals surface area (Å²) >= 11 is 1.67. The number of benzene rings is 1. The van der Waals surface area contributed by atoms with Crippen molar-refractivity contribution in [2.24, 2.45) is 10.9 Å². The molecule has 2 amide bonds. The Kier molecular flexibility index (Phi) is 11.9. The van der Waals surface area contributed by atoms with Gasteiger partial charge in [-0.1, -0.05) is 13.8 Å². The van der Waals surface area contributed by atoms with E-state index in [1.165, 1.54) is 0 Å². The highest BCUT2D eigenvalue weighted by Gasteiger charge is 2.35. The van der Waals surface area contributed by atoms with E-state index in [9.17, 15) is 18.4 Å². The normalized spacial score (nSPS) is 21.6. The van der Waals surface area contributed by atoms with Crippen molar-refractivity contribution in [3.63, 3.8) is 0 Å². The van der Waals surface area contributed by atoms with E-state index in [1.807, 2.05) is 11.0 Å². The number of hydrogen-bond acceptors (Lipinski definition) is 11. The lowest BCUT2D eigenvalue weighted by atomic mass is 9.99. The number of carbonyl (C=O) groups excluding carboxylic acids is 2. The second kappa shape index (κ2) is 16.5. The van der Waals surface area contributed by atoms with Crippen LogP contribution in [-0.2, 0) is 14.3 Å². The SMILES string of the molecule is CCC(CC)Sc1ccc(OC(F)F)c(C2NN(CC(=O)N3CCN(CC4CCOCC4)CC3)C=C2NC(=O)C2=C3N=CC=CN3NC2)c1. The number of allylic oxidation sites excluding steroid dienone is 1. The van der Waals surface area contributed by atoms with Crippen LogP contribution in [0.4, 0.5) is 8.78 Å². The molecule has 49 heavy (non-hydrogen) atoms. The molecule has 5 aliphatic rings. The van der Waals surface area contributed by atoms with Crippen LogP contribution < -0.4 is 20.9 Å². The van der Waals surface area contributed by atoms with Gasteiger partial charge in [-0.25, -0.2) is 15.8 Å². The van der Waals surface area contributed by atoms with E-state index in [2.05, 4.69) is 39.9 Å². The quantitative estimate of drug-likeness (QED) is 0.264. The summed E-state index contributed by atoms with van der Waals surface area (Å²) < 4.78 is 37.8. The molecule has 15 heteroatoms. The molecule has 266 valence electrons. The number of fused-ring (bicyclic) bond motifs is 1. The number of amides is 2. The number of alkyl halides is 2. The second-order valence-corrected chi connectivity index (χ2v) is 14.1. The molecule has 2 saturated heterocycles. The number of nitrogens with zero attached hydrogens (tertiary/aromatic N) is 5. The Morgan fingerprint density at radius 2 is 1.92 bits per heavy atom. The zero-order valence-corrected chi connectivity index (χ0v) is 28.9. The third kappa shape index (κ3) is 8.81. The van der Waals surface area contributed by atoms with Crippen LogP contribution in [0.15, 0.2) is 63.7 Å². The smallest absolute Gasteiger partial charge is 0.387 e. The molecule has 0 aliphatic carbocycles. The standard InChI is InChI=1S/C34H46F2N8O4S/c1-3-24(4-2)49-25-6-7-29(48-34(35)36)26(18-25)31-28(39-33(46)27-19-38-44-11-5-10-37-32(27)44)21-43(40-31)22-30(45)42-14-12-41(13-15-42)20-23-8-16-47-17-9-23/h5-7,10-11,18,21,23-24,31,34,38,40H,3-4,8-9,12-17,19-20,22H2,1-2H3,(H,39,46). The maximum absolute atomic E-state index is 13.7. The Labute approximate surface area is 290 Å². The maximum atomic E-state index is 13.7. The summed E-state index contributed by atoms with van der Waals surface area (Å²) in [6, 6.07) is 4.39. The number of carbonyl (C=O) groups is 2. The van der Waals surface area contributed by atoms with Crippen molar-refractivity contribution in [3.8, 4) is 5.75 Å². The fourth-order valence-electron chi connectivity index (χ4n) is 6.70. The molecule has 5 aliphatic heterocycles. The fourth-order valence-corrected chi connectivity index (χ4v) is 7.76. The molecule has 1 aromatic rings. The van der Waals surface area contributed by atoms with Gasteiger partial charge in [0.15, 0.2) is 5.82 Å². The van der Waals surface area contributed by atoms with Gasteiger partial charge in [-0.2, -0.15) is 8.78 Å². The Hall–Kier alpha value is -3.50. The third-order valence-electron chi connectivity index (χ3n) is 9.48. The Morgan fingerprint density at radius 3 is 2.65 bits per heavy atom. The Balaban J connectivity index is 1.20. The monoisotopic (exact) mass is 700 g/mol. The lowest BCUT2D eigenvalue weighted by Crippen LogP contribution is -2.52. The average molecular weight is 701 g/mol. The number of aliphatic imine (C=N–C) groups is 1. The number of rotatable bonds is 13. The first-order valence-electron chi connectivity index (χ1n) is 17.2. The number of thioether (sulfide) groups is 1. The van der Waals surface area contributed by atoms with E-state index in [-0.39, 0.29) is 30.7 Å². The number of piperazine rings is 1. The fraction of sp³-hybridized carbons (Fsp3) is 0.559. The largest absolute Gasteiger partial charge is 0.434 e. The molecule has 5 heterocycles. The molecule has 2 fully saturated rings. The van der Waals surface area contributed by atoms with Crippen molar-refractivity contribution in [1.29, 1.82) is 0 Å². The van der Waals surface area contributed by atoms with Gasteiger partial charge in [0.2, 0.25) is 5.91 Å². The topological polar surface area (TPSA) is 114 Å². The zero-order valence-electron chi connectivity index (χ0n) is 28.1. The summed E-state index contributed by atoms with van der Waals surface area (Å²) in [5.41, 5.74) is 7.68. The summed E-state index contributed by atoms with van der Waals surface area (Å²) in [6.45, 7) is 7.00. The second-order valence-electron chi connectivity index (χ2n) is 12.7. The first-order valence-corrected chi connectivity index (χ1v) is 18.0. The Bertz CT molecular complexity index is 1470. The molecule has 1 atom stereocenters. The molecule has 0 bridgehead atoms. The number of hydrogen-bond donors (Lipinski definition) is 3. The molecule has 1 aromatic carbocycles. The van der Waals surface area contributed by atoms with Gasteiger partial charge in [-0.15, -0.1) is 11.8 Å². The number of ether oxygens (including phenoxy) is 2. The minimum atomic E-state index is -3.04. The molecule has 1 unspecified atom stereocenters. The van der Waals surface area contributed by atoms with E-state index in [4.69, 9.17) is 9.47 Å². The molecule has 3 N–H and O–H groups in total. The van der Waals surface area contributed by atoms with Crippen molar-refractivity contribution in [2.45, 2.75) is 62.3 Å². The van der Waals surface area contributed by atoms with Gasteiger partial charge in [0.25, 0.3) is 5.91 Å². The van der Waals surface area contributed by atoms with Gasteiger partial charge in [0.1, 0.15) is 12.3 Å². The van der Waals surface area contributed by atoms with Crippen molar-refractivity contribution in [2.75, 3.05) is 59.0 Å². The van der Waals surface area contributed by atoms with Crippen LogP contribution in [0.25, 0.3) is 0 Å². The van der Waals surface area contributed by atoms with E-state index < -0.39 is 12.7 Å². The minimum absolute atomic E-state index is 0.00141. The number of halogens is 2. The first kappa shape index (κ1) is 35.3. The molecule has 0 saturated carbocycles. The highest BCUT2D eigenvalue weighted by molar-refractivity contribution is 8.00. The van der Waals surface area contributed by atoms with Crippen LogP contribution >= 0.6 is 11.8 Å². The highest BCUT2D eigenvalue weighted by Crippen LogP contribution is 2.38. The molecule has 12 nitrogen and oxygen atoms in total. The van der Waals surface area contributed by atoms with Gasteiger partial charge in [0.05, 0.1) is 17.3 Å². The maximum Gasteiger partial charge on any atom is 0.387 e. The Morgan fingerprint density at radius 1 is 1.14 bits per heavy atom. The number of hydrazine groups is 2. The van der Waals surface area contributed by atoms with Gasteiger partial charge in [-0.3, -0.25) is 19.5 Å². The first-order chi connectivity index (χ1) is 23.8. The zero-order chi connectivity index (χ0) is 34.3. The van der Waals surface area contributed by atoms with Crippen LogP contribution in [0.5, 0.6) is 5.75 Å². The number of nitrogens with one attached hydrogen (secondary N) is 3. The van der Waals surface area contributed by atoms with Crippen molar-refractivity contribution >= 4 is 29.8 Å². The summed E-state index contributed by atoms with van der Waals surface area (Å²) in [5, 5.41) is 6.65. The molecule has 0 aromatic heterocycles. The third-order valence-corrected chi connectivity index (χ3v) is 11.0. The molecular formula is C34H46F2N8O4S. The van der Waals surface area contributed by atoms with Crippen molar-refractivity contribution < 1.29 is 27.8 Å². The molecule has 6 rings (SSSR count).